The molecule has 0 aromatic heterocycles. The fourth-order valence-corrected chi connectivity index (χ4v) is 4.24. The Kier molecular flexibility index (Phi) is 6.64. The van der Waals surface area contributed by atoms with E-state index in [2.05, 4.69) is 10.6 Å². The molecule has 12 nitrogen and oxygen atoms in total. The first-order valence-corrected chi connectivity index (χ1v) is 11.2. The third kappa shape index (κ3) is 5.65. The van der Waals surface area contributed by atoms with Crippen LogP contribution in [0.1, 0.15) is 41.5 Å². The van der Waals surface area contributed by atoms with Gasteiger partial charge in [-0.3, -0.25) is 29.8 Å². The zero-order valence-electron chi connectivity index (χ0n) is 20.3. The van der Waals surface area contributed by atoms with Crippen LogP contribution < -0.4 is 10.6 Å². The summed E-state index contributed by atoms with van der Waals surface area (Å²) in [4.78, 5) is 72.0. The van der Waals surface area contributed by atoms with Gasteiger partial charge in [0.05, 0.1) is 23.7 Å². The molecule has 0 bridgehead atoms. The number of hydrogen-bond donors (Lipinski definition) is 2. The fraction of sp³-hybridized carbons (Fsp3) is 0.727. The molecule has 0 unspecified atom stereocenters. The van der Waals surface area contributed by atoms with Crippen molar-refractivity contribution < 1.29 is 38.2 Å². The largest absolute Gasteiger partial charge is 0.444 e. The van der Waals surface area contributed by atoms with E-state index < -0.39 is 47.1 Å². The minimum Gasteiger partial charge on any atom is -0.444 e. The summed E-state index contributed by atoms with van der Waals surface area (Å²) in [5, 5.41) is 4.54. The molecule has 0 aromatic carbocycles. The minimum absolute atomic E-state index is 0.261. The van der Waals surface area contributed by atoms with E-state index in [0.29, 0.717) is 0 Å². The Bertz CT molecular complexity index is 801. The highest BCUT2D eigenvalue weighted by atomic mass is 16.6. The van der Waals surface area contributed by atoms with E-state index in [-0.39, 0.29) is 49.8 Å². The molecule has 4 heterocycles. The van der Waals surface area contributed by atoms with Crippen LogP contribution in [0.4, 0.5) is 9.59 Å². The lowest BCUT2D eigenvalue weighted by Gasteiger charge is -2.24. The SMILES string of the molecule is CC(C)(C)OC(=O)N1C[C@@H]2C(=O)NC(=O)[C@@H]2C1.CC(C)(C)OC(=O)N1C[C@@H]2C(=O)NC(=O)[C@@H]2C1. The third-order valence-electron chi connectivity index (χ3n) is 5.78. The van der Waals surface area contributed by atoms with Crippen molar-refractivity contribution in [2.24, 2.45) is 23.7 Å². The van der Waals surface area contributed by atoms with Gasteiger partial charge < -0.3 is 19.3 Å². The number of fused-ring (bicyclic) bond motifs is 2. The highest BCUT2D eigenvalue weighted by Gasteiger charge is 2.50. The molecule has 4 atom stereocenters. The Hall–Kier alpha value is -3.18. The number of likely N-dealkylation sites (tertiary alicyclic amines) is 2. The Morgan fingerprint density at radius 2 is 0.853 bits per heavy atom. The zero-order chi connectivity index (χ0) is 25.6. The summed E-state index contributed by atoms with van der Waals surface area (Å²) in [6, 6.07) is 0. The number of rotatable bonds is 0. The van der Waals surface area contributed by atoms with Crippen LogP contribution in [0, 0.1) is 23.7 Å². The molecular weight excluding hydrogens is 448 g/mol. The van der Waals surface area contributed by atoms with E-state index in [9.17, 15) is 28.8 Å². The first-order chi connectivity index (χ1) is 15.6. The summed E-state index contributed by atoms with van der Waals surface area (Å²) in [6.07, 6.45) is -0.931. The predicted octanol–water partition coefficient (Wildman–Crippen LogP) is 0.252. The first kappa shape index (κ1) is 25.4. The van der Waals surface area contributed by atoms with Gasteiger partial charge in [0.2, 0.25) is 23.6 Å². The summed E-state index contributed by atoms with van der Waals surface area (Å²) < 4.78 is 10.4. The first-order valence-electron chi connectivity index (χ1n) is 11.2. The van der Waals surface area contributed by atoms with E-state index in [1.165, 1.54) is 9.80 Å². The predicted molar refractivity (Wildman–Crippen MR) is 116 cm³/mol. The Morgan fingerprint density at radius 3 is 1.06 bits per heavy atom. The standard InChI is InChI=1S/2C11H16N2O4/c2*1-11(2,3)17-10(16)13-4-6-7(5-13)9(15)12-8(6)14/h2*6-7H,4-5H2,1-3H3,(H,12,14,15)/t2*6-,7+. The summed E-state index contributed by atoms with van der Waals surface area (Å²) in [7, 11) is 0. The van der Waals surface area contributed by atoms with Crippen LogP contribution in [0.3, 0.4) is 0 Å². The fourth-order valence-electron chi connectivity index (χ4n) is 4.24. The molecule has 0 aromatic rings. The molecule has 0 spiro atoms. The smallest absolute Gasteiger partial charge is 0.410 e. The summed E-state index contributed by atoms with van der Waals surface area (Å²) in [5.41, 5.74) is -1.14. The van der Waals surface area contributed by atoms with Gasteiger partial charge >= 0.3 is 12.2 Å². The average molecular weight is 481 g/mol. The number of nitrogens with zero attached hydrogens (tertiary/aromatic N) is 2. The van der Waals surface area contributed by atoms with Gasteiger partial charge in [0.15, 0.2) is 0 Å². The van der Waals surface area contributed by atoms with Gasteiger partial charge in [0.1, 0.15) is 11.2 Å². The second kappa shape index (κ2) is 8.88. The van der Waals surface area contributed by atoms with Crippen LogP contribution in [0.5, 0.6) is 0 Å². The lowest BCUT2D eigenvalue weighted by atomic mass is 10.00. The lowest BCUT2D eigenvalue weighted by molar-refractivity contribution is -0.128. The van der Waals surface area contributed by atoms with Gasteiger partial charge in [-0.2, -0.15) is 0 Å². The van der Waals surface area contributed by atoms with Gasteiger partial charge in [-0.05, 0) is 41.5 Å². The number of carbonyl (C=O) groups is 6. The summed E-state index contributed by atoms with van der Waals surface area (Å²) in [6.45, 7) is 11.7. The Morgan fingerprint density at radius 1 is 0.618 bits per heavy atom. The van der Waals surface area contributed by atoms with Gasteiger partial charge in [-0.25, -0.2) is 9.59 Å². The van der Waals surface area contributed by atoms with E-state index in [0.717, 1.165) is 0 Å². The number of carbonyl (C=O) groups excluding carboxylic acids is 6. The molecule has 4 aliphatic heterocycles. The molecule has 2 N–H and O–H groups in total. The summed E-state index contributed by atoms with van der Waals surface area (Å²) in [5.74, 6) is -2.77. The average Bonchev–Trinajstić information content (AvgIpc) is 3.39. The van der Waals surface area contributed by atoms with Crippen molar-refractivity contribution in [2.45, 2.75) is 52.7 Å². The minimum atomic E-state index is -0.568. The number of amides is 6. The van der Waals surface area contributed by atoms with Crippen molar-refractivity contribution >= 4 is 35.8 Å². The van der Waals surface area contributed by atoms with Crippen molar-refractivity contribution in [1.29, 1.82) is 0 Å². The van der Waals surface area contributed by atoms with Gasteiger partial charge in [-0.15, -0.1) is 0 Å². The highest BCUT2D eigenvalue weighted by molar-refractivity contribution is 6.06. The maximum atomic E-state index is 11.8. The summed E-state index contributed by atoms with van der Waals surface area (Å²) >= 11 is 0. The van der Waals surface area contributed by atoms with Gasteiger partial charge in [0.25, 0.3) is 0 Å². The Labute approximate surface area is 197 Å². The topological polar surface area (TPSA) is 151 Å². The van der Waals surface area contributed by atoms with Crippen molar-refractivity contribution in [3.63, 3.8) is 0 Å². The molecule has 0 saturated carbocycles. The van der Waals surface area contributed by atoms with E-state index in [1.807, 2.05) is 0 Å². The van der Waals surface area contributed by atoms with E-state index in [4.69, 9.17) is 9.47 Å². The maximum Gasteiger partial charge on any atom is 0.410 e. The quantitative estimate of drug-likeness (QED) is 0.468. The van der Waals surface area contributed by atoms with Crippen LogP contribution >= 0.6 is 0 Å². The Balaban J connectivity index is 0.000000191. The molecule has 4 aliphatic rings. The maximum absolute atomic E-state index is 11.8. The molecular formula is C22H32N4O8. The number of nitrogens with one attached hydrogen (secondary N) is 2. The van der Waals surface area contributed by atoms with Crippen molar-refractivity contribution in [1.82, 2.24) is 20.4 Å². The van der Waals surface area contributed by atoms with Crippen LogP contribution in [0.15, 0.2) is 0 Å². The zero-order valence-corrected chi connectivity index (χ0v) is 20.3. The number of hydrogen-bond acceptors (Lipinski definition) is 8. The molecule has 4 saturated heterocycles. The number of ether oxygens (including phenoxy) is 2. The molecule has 0 aliphatic carbocycles. The normalized spacial score (nSPS) is 28.1. The third-order valence-corrected chi connectivity index (χ3v) is 5.78. The van der Waals surface area contributed by atoms with Crippen LogP contribution in [-0.2, 0) is 28.7 Å². The molecule has 6 amide bonds. The van der Waals surface area contributed by atoms with Crippen molar-refractivity contribution in [2.75, 3.05) is 26.2 Å². The lowest BCUT2D eigenvalue weighted by Crippen LogP contribution is -2.38. The molecule has 0 radical (unpaired) electrons. The molecule has 4 rings (SSSR count). The van der Waals surface area contributed by atoms with E-state index >= 15 is 0 Å². The second-order valence-corrected chi connectivity index (χ2v) is 10.9. The second-order valence-electron chi connectivity index (χ2n) is 10.9. The van der Waals surface area contributed by atoms with Crippen molar-refractivity contribution in [3.05, 3.63) is 0 Å². The molecule has 12 heteroatoms. The molecule has 4 fully saturated rings. The highest BCUT2D eigenvalue weighted by Crippen LogP contribution is 2.30. The van der Waals surface area contributed by atoms with Gasteiger partial charge in [0, 0.05) is 26.2 Å². The number of imide groups is 2. The van der Waals surface area contributed by atoms with Crippen molar-refractivity contribution in [3.8, 4) is 0 Å². The van der Waals surface area contributed by atoms with Gasteiger partial charge in [-0.1, -0.05) is 0 Å². The molecule has 34 heavy (non-hydrogen) atoms. The van der Waals surface area contributed by atoms with E-state index in [1.54, 1.807) is 41.5 Å². The van der Waals surface area contributed by atoms with Crippen LogP contribution in [0.2, 0.25) is 0 Å². The monoisotopic (exact) mass is 480 g/mol. The van der Waals surface area contributed by atoms with Crippen LogP contribution in [-0.4, -0.2) is 83.0 Å². The van der Waals surface area contributed by atoms with Crippen LogP contribution in [0.25, 0.3) is 0 Å². The molecule has 188 valence electrons.